The Hall–Kier alpha value is -3.15. The van der Waals surface area contributed by atoms with Crippen molar-refractivity contribution >= 4 is 16.8 Å². The maximum atomic E-state index is 13.5. The fourth-order valence-corrected chi connectivity index (χ4v) is 3.49. The molecule has 1 amide bonds. The molecule has 30 heavy (non-hydrogen) atoms. The SMILES string of the molecule is Cc1ccc2c(c1)c(=O)n(-c1ccc(C)c(C)c1)c(=O)n2[C@H](C)C(=O)NCC(C)C. The number of rotatable bonds is 5. The molecule has 0 unspecified atom stereocenters. The number of hydrogen-bond donors (Lipinski definition) is 1. The van der Waals surface area contributed by atoms with Crippen molar-refractivity contribution < 1.29 is 4.79 Å². The van der Waals surface area contributed by atoms with E-state index in [2.05, 4.69) is 5.32 Å². The molecule has 6 heteroatoms. The topological polar surface area (TPSA) is 73.1 Å². The van der Waals surface area contributed by atoms with Gasteiger partial charge in [-0.3, -0.25) is 14.2 Å². The average molecular weight is 408 g/mol. The molecule has 0 aliphatic rings. The average Bonchev–Trinajstić information content (AvgIpc) is 2.69. The van der Waals surface area contributed by atoms with Gasteiger partial charge in [-0.1, -0.05) is 31.5 Å². The molecule has 158 valence electrons. The molecule has 0 aliphatic carbocycles. The third-order valence-corrected chi connectivity index (χ3v) is 5.44. The lowest BCUT2D eigenvalue weighted by molar-refractivity contribution is -0.124. The Kier molecular flexibility index (Phi) is 5.97. The molecule has 0 spiro atoms. The fraction of sp³-hybridized carbons (Fsp3) is 0.375. The third-order valence-electron chi connectivity index (χ3n) is 5.44. The van der Waals surface area contributed by atoms with E-state index in [0.29, 0.717) is 29.1 Å². The minimum absolute atomic E-state index is 0.252. The lowest BCUT2D eigenvalue weighted by atomic mass is 10.1. The van der Waals surface area contributed by atoms with Crippen LogP contribution in [0.15, 0.2) is 46.0 Å². The van der Waals surface area contributed by atoms with E-state index in [-0.39, 0.29) is 11.5 Å². The van der Waals surface area contributed by atoms with Gasteiger partial charge in [-0.25, -0.2) is 9.36 Å². The fourth-order valence-electron chi connectivity index (χ4n) is 3.49. The quantitative estimate of drug-likeness (QED) is 0.704. The summed E-state index contributed by atoms with van der Waals surface area (Å²) in [5.41, 5.74) is 3.03. The van der Waals surface area contributed by atoms with E-state index >= 15 is 0 Å². The smallest absolute Gasteiger partial charge is 0.336 e. The number of nitrogens with one attached hydrogen (secondary N) is 1. The first-order valence-electron chi connectivity index (χ1n) is 10.2. The zero-order valence-corrected chi connectivity index (χ0v) is 18.4. The molecule has 1 atom stereocenters. The van der Waals surface area contributed by atoms with Crippen molar-refractivity contribution in [3.8, 4) is 5.69 Å². The zero-order valence-electron chi connectivity index (χ0n) is 18.4. The van der Waals surface area contributed by atoms with Crippen LogP contribution in [-0.2, 0) is 4.79 Å². The second-order valence-corrected chi connectivity index (χ2v) is 8.40. The number of hydrogen-bond acceptors (Lipinski definition) is 3. The van der Waals surface area contributed by atoms with Crippen LogP contribution in [0.1, 0.15) is 43.5 Å². The summed E-state index contributed by atoms with van der Waals surface area (Å²) >= 11 is 0. The van der Waals surface area contributed by atoms with Gasteiger partial charge in [0.25, 0.3) is 5.56 Å². The summed E-state index contributed by atoms with van der Waals surface area (Å²) in [4.78, 5) is 39.6. The molecule has 0 bridgehead atoms. The molecular weight excluding hydrogens is 378 g/mol. The minimum Gasteiger partial charge on any atom is -0.354 e. The van der Waals surface area contributed by atoms with E-state index in [9.17, 15) is 14.4 Å². The molecule has 1 heterocycles. The molecule has 3 aromatic rings. The minimum atomic E-state index is -0.764. The Morgan fingerprint density at radius 3 is 2.30 bits per heavy atom. The van der Waals surface area contributed by atoms with E-state index < -0.39 is 11.7 Å². The molecular formula is C24H29N3O3. The number of aromatic nitrogens is 2. The van der Waals surface area contributed by atoms with E-state index in [1.165, 1.54) is 9.13 Å². The van der Waals surface area contributed by atoms with Crippen molar-refractivity contribution in [3.63, 3.8) is 0 Å². The van der Waals surface area contributed by atoms with Gasteiger partial charge in [0.05, 0.1) is 16.6 Å². The summed E-state index contributed by atoms with van der Waals surface area (Å²) in [6.45, 7) is 12.0. The highest BCUT2D eigenvalue weighted by atomic mass is 16.2. The Balaban J connectivity index is 2.31. The number of benzene rings is 2. The number of nitrogens with zero attached hydrogens (tertiary/aromatic N) is 2. The van der Waals surface area contributed by atoms with E-state index in [1.54, 1.807) is 25.1 Å². The molecule has 1 aromatic heterocycles. The molecule has 0 saturated heterocycles. The number of fused-ring (bicyclic) bond motifs is 1. The van der Waals surface area contributed by atoms with Gasteiger partial charge in [-0.15, -0.1) is 0 Å². The van der Waals surface area contributed by atoms with Crippen LogP contribution in [-0.4, -0.2) is 21.6 Å². The van der Waals surface area contributed by atoms with Crippen molar-refractivity contribution in [3.05, 3.63) is 73.9 Å². The Morgan fingerprint density at radius 1 is 0.967 bits per heavy atom. The van der Waals surface area contributed by atoms with Crippen LogP contribution in [0.25, 0.3) is 16.6 Å². The van der Waals surface area contributed by atoms with E-state index in [4.69, 9.17) is 0 Å². The Bertz CT molecular complexity index is 1230. The Morgan fingerprint density at radius 2 is 1.67 bits per heavy atom. The van der Waals surface area contributed by atoms with Crippen LogP contribution >= 0.6 is 0 Å². The predicted octanol–water partition coefficient (Wildman–Crippen LogP) is 3.41. The van der Waals surface area contributed by atoms with E-state index in [0.717, 1.165) is 16.7 Å². The van der Waals surface area contributed by atoms with Crippen LogP contribution in [0.2, 0.25) is 0 Å². The van der Waals surface area contributed by atoms with Gasteiger partial charge in [0.2, 0.25) is 5.91 Å². The third kappa shape index (κ3) is 3.95. The summed E-state index contributed by atoms with van der Waals surface area (Å²) in [7, 11) is 0. The van der Waals surface area contributed by atoms with Gasteiger partial charge in [0.15, 0.2) is 0 Å². The first kappa shape index (κ1) is 21.6. The van der Waals surface area contributed by atoms with E-state index in [1.807, 2.05) is 52.8 Å². The summed E-state index contributed by atoms with van der Waals surface area (Å²) in [6.07, 6.45) is 0. The molecule has 0 saturated carbocycles. The largest absolute Gasteiger partial charge is 0.354 e. The number of aryl methyl sites for hydroxylation is 3. The number of amides is 1. The lowest BCUT2D eigenvalue weighted by Crippen LogP contribution is -2.44. The molecule has 2 aromatic carbocycles. The summed E-state index contributed by atoms with van der Waals surface area (Å²) in [5, 5.41) is 3.30. The second kappa shape index (κ2) is 8.30. The van der Waals surface area contributed by atoms with Gasteiger partial charge in [-0.05, 0) is 69.0 Å². The van der Waals surface area contributed by atoms with Crippen molar-refractivity contribution in [2.75, 3.05) is 6.54 Å². The first-order valence-corrected chi connectivity index (χ1v) is 10.2. The van der Waals surface area contributed by atoms with Crippen LogP contribution in [0, 0.1) is 26.7 Å². The monoisotopic (exact) mass is 407 g/mol. The normalized spacial score (nSPS) is 12.4. The molecule has 0 fully saturated rings. The first-order chi connectivity index (χ1) is 14.1. The molecule has 3 rings (SSSR count). The van der Waals surface area contributed by atoms with Gasteiger partial charge >= 0.3 is 5.69 Å². The van der Waals surface area contributed by atoms with Crippen molar-refractivity contribution in [1.29, 1.82) is 0 Å². The zero-order chi connectivity index (χ0) is 22.2. The standard InChI is InChI=1S/C24H29N3O3/c1-14(2)13-25-22(28)18(6)26-21-10-7-15(3)11-20(21)23(29)27(24(26)30)19-9-8-16(4)17(5)12-19/h7-12,14,18H,13H2,1-6H3,(H,25,28)/t18-/m1/s1. The Labute approximate surface area is 176 Å². The highest BCUT2D eigenvalue weighted by Gasteiger charge is 2.23. The van der Waals surface area contributed by atoms with Crippen molar-refractivity contribution in [2.24, 2.45) is 5.92 Å². The highest BCUT2D eigenvalue weighted by Crippen LogP contribution is 2.18. The van der Waals surface area contributed by atoms with Gasteiger partial charge in [0, 0.05) is 6.54 Å². The highest BCUT2D eigenvalue weighted by molar-refractivity contribution is 5.84. The maximum absolute atomic E-state index is 13.5. The van der Waals surface area contributed by atoms with Gasteiger partial charge in [-0.2, -0.15) is 0 Å². The van der Waals surface area contributed by atoms with Crippen LogP contribution in [0.4, 0.5) is 0 Å². The summed E-state index contributed by atoms with van der Waals surface area (Å²) in [6, 6.07) is 10.1. The summed E-state index contributed by atoms with van der Waals surface area (Å²) < 4.78 is 2.58. The summed E-state index contributed by atoms with van der Waals surface area (Å²) in [5.74, 6) is 0.0414. The molecule has 6 nitrogen and oxygen atoms in total. The molecule has 0 aliphatic heterocycles. The molecule has 0 radical (unpaired) electrons. The van der Waals surface area contributed by atoms with Crippen LogP contribution < -0.4 is 16.6 Å². The van der Waals surface area contributed by atoms with Crippen molar-refractivity contribution in [2.45, 2.75) is 47.6 Å². The lowest BCUT2D eigenvalue weighted by Gasteiger charge is -2.20. The van der Waals surface area contributed by atoms with Crippen molar-refractivity contribution in [1.82, 2.24) is 14.5 Å². The molecule has 1 N–H and O–H groups in total. The number of carbonyl (C=O) groups is 1. The second-order valence-electron chi connectivity index (χ2n) is 8.40. The predicted molar refractivity (Wildman–Crippen MR) is 121 cm³/mol. The van der Waals surface area contributed by atoms with Crippen LogP contribution in [0.3, 0.4) is 0 Å². The maximum Gasteiger partial charge on any atom is 0.336 e. The number of carbonyl (C=O) groups excluding carboxylic acids is 1. The van der Waals surface area contributed by atoms with Crippen LogP contribution in [0.5, 0.6) is 0 Å². The van der Waals surface area contributed by atoms with Gasteiger partial charge < -0.3 is 5.32 Å². The van der Waals surface area contributed by atoms with Gasteiger partial charge in [0.1, 0.15) is 6.04 Å².